The molecule has 8 rings (SSSR count). The van der Waals surface area contributed by atoms with Gasteiger partial charge in [-0.05, 0) is 48.5 Å². The third kappa shape index (κ3) is 10.0. The topological polar surface area (TPSA) is 229 Å². The predicted molar refractivity (Wildman–Crippen MR) is 214 cm³/mol. The molecule has 1 atom stereocenters. The van der Waals surface area contributed by atoms with Gasteiger partial charge in [-0.25, -0.2) is 14.8 Å². The van der Waals surface area contributed by atoms with Crippen molar-refractivity contribution in [3.8, 4) is 33.8 Å². The first-order valence-corrected chi connectivity index (χ1v) is 17.7. The maximum atomic E-state index is 12.6. The second kappa shape index (κ2) is 19.2. The molecular formula is C38H33B2N6O9P+. The molecule has 8 aromatic rings. The molecule has 1 radical (unpaired) electrons. The first kappa shape index (κ1) is 38.5. The number of rotatable bonds is 9. The number of nitrogens with zero attached hydrogens (tertiary/aromatic N) is 2. The van der Waals surface area contributed by atoms with E-state index < -0.39 is 13.5 Å². The van der Waals surface area contributed by atoms with Gasteiger partial charge in [-0.15, -0.1) is 0 Å². The van der Waals surface area contributed by atoms with Gasteiger partial charge in [0.2, 0.25) is 0 Å². The van der Waals surface area contributed by atoms with Crippen LogP contribution in [0.1, 0.15) is 20.7 Å². The monoisotopic (exact) mass is 772 g/mol. The van der Waals surface area contributed by atoms with Crippen LogP contribution in [0.2, 0.25) is 0 Å². The van der Waals surface area contributed by atoms with Crippen molar-refractivity contribution in [2.24, 2.45) is 0 Å². The van der Waals surface area contributed by atoms with Crippen LogP contribution in [0, 0.1) is 0 Å². The van der Waals surface area contributed by atoms with Gasteiger partial charge < -0.3 is 44.4 Å². The number of H-pyrrole nitrogens is 2. The number of pyridine rings is 2. The van der Waals surface area contributed by atoms with Gasteiger partial charge in [0.25, 0.3) is 5.91 Å². The van der Waals surface area contributed by atoms with Crippen molar-refractivity contribution in [1.82, 2.24) is 19.9 Å². The number of ether oxygens (including phenoxy) is 2. The number of benzene rings is 2. The van der Waals surface area contributed by atoms with E-state index in [0.29, 0.717) is 41.5 Å². The molecule has 1 unspecified atom stereocenters. The number of nitrogens with one attached hydrogen (secondary N) is 3. The van der Waals surface area contributed by atoms with Gasteiger partial charge in [0.1, 0.15) is 22.8 Å². The SMILES string of the molecule is COc1ccccc1N.COc1ccccc1NC(=O)c1cnc2[nH]cc(-c3ccoc3)c2c1.O=C(O)c1cnc2[nH]cc(-c3ccoc3)c2c1.[3H][B][P+](=O)B=O. The molecule has 6 aromatic heterocycles. The van der Waals surface area contributed by atoms with Gasteiger partial charge in [-0.1, -0.05) is 24.3 Å². The summed E-state index contributed by atoms with van der Waals surface area (Å²) in [6, 6.07) is 21.7. The number of anilines is 2. The number of carboxylic acids is 1. The van der Waals surface area contributed by atoms with Crippen LogP contribution in [0.15, 0.2) is 131 Å². The number of carbonyl (C=O) groups is 2. The number of para-hydroxylation sites is 4. The second-order valence-corrected chi connectivity index (χ2v) is 12.3. The number of aromatic carboxylic acids is 1. The molecule has 2 aromatic carbocycles. The predicted octanol–water partition coefficient (Wildman–Crippen LogP) is 7.48. The molecule has 0 bridgehead atoms. The zero-order chi connectivity index (χ0) is 40.7. The fourth-order valence-electron chi connectivity index (χ4n) is 5.17. The second-order valence-electron chi connectivity index (χ2n) is 11.3. The van der Waals surface area contributed by atoms with Crippen LogP contribution >= 0.6 is 7.56 Å². The Morgan fingerprint density at radius 2 is 1.39 bits per heavy atom. The van der Waals surface area contributed by atoms with E-state index in [2.05, 4.69) is 25.3 Å². The molecule has 6 N–H and O–H groups in total. The van der Waals surface area contributed by atoms with Gasteiger partial charge in [-0.3, -0.25) is 4.79 Å². The molecule has 0 aliphatic carbocycles. The van der Waals surface area contributed by atoms with Crippen LogP contribution in [0.3, 0.4) is 0 Å². The molecule has 56 heavy (non-hydrogen) atoms. The number of nitrogen functional groups attached to an aromatic ring is 1. The van der Waals surface area contributed by atoms with Crippen LogP contribution in [0.5, 0.6) is 11.5 Å². The molecule has 6 heterocycles. The zero-order valence-electron chi connectivity index (χ0n) is 30.8. The van der Waals surface area contributed by atoms with Crippen molar-refractivity contribution < 1.29 is 42.3 Å². The van der Waals surface area contributed by atoms with E-state index in [1.807, 2.05) is 54.7 Å². The summed E-state index contributed by atoms with van der Waals surface area (Å²) in [6.07, 6.45) is 13.0. The number of aromatic amines is 2. The van der Waals surface area contributed by atoms with Crippen molar-refractivity contribution in [2.45, 2.75) is 0 Å². The Morgan fingerprint density at radius 3 is 1.86 bits per heavy atom. The van der Waals surface area contributed by atoms with E-state index in [0.717, 1.165) is 38.8 Å². The maximum absolute atomic E-state index is 12.6. The van der Waals surface area contributed by atoms with Gasteiger partial charge in [0, 0.05) is 57.8 Å². The van der Waals surface area contributed by atoms with E-state index in [9.17, 15) is 18.9 Å². The van der Waals surface area contributed by atoms with Crippen molar-refractivity contribution >= 4 is 67.3 Å². The van der Waals surface area contributed by atoms with Crippen LogP contribution in [0.25, 0.3) is 44.3 Å². The molecule has 0 saturated carbocycles. The first-order valence-electron chi connectivity index (χ1n) is 16.9. The summed E-state index contributed by atoms with van der Waals surface area (Å²) in [6.45, 7) is 0.238. The average Bonchev–Trinajstić information content (AvgIpc) is 4.09. The van der Waals surface area contributed by atoms with Gasteiger partial charge in [-0.2, -0.15) is 0 Å². The number of hydrogen-bond donors (Lipinski definition) is 5. The van der Waals surface area contributed by atoms with Crippen molar-refractivity contribution in [1.29, 1.82) is 1.34 Å². The van der Waals surface area contributed by atoms with Crippen LogP contribution in [-0.4, -0.2) is 66.9 Å². The third-order valence-corrected chi connectivity index (χ3v) is 8.04. The number of hydrogen-bond acceptors (Lipinski definition) is 11. The third-order valence-electron chi connectivity index (χ3n) is 7.83. The normalized spacial score (nSPS) is 10.5. The summed E-state index contributed by atoms with van der Waals surface area (Å²) >= 11 is 0. The summed E-state index contributed by atoms with van der Waals surface area (Å²) in [7, 11) is 1.82. The standard InChI is InChI=1S/C19H15N3O3.C12H8N2O3.C7H9NO.B2HO2P/c1-24-17-5-3-2-4-16(17)22-19(23)13-8-14-15(12-6-7-25-11-12)10-21-18(14)20-9-13;15-12(16)8-3-9-10(7-1-2-17-6-7)5-14-11(9)13-4-8;1-9-7-5-3-2-4-6(7)8;1-5(4)2-3/h2-11H,1H3,(H,20,21)(H,22,23);1-6H,(H,13,14)(H,15,16);2-5H,8H2,1H3;1H/q;;;+1/i;;;1T. The molecule has 18 heteroatoms. The summed E-state index contributed by atoms with van der Waals surface area (Å²) in [5, 5.41) is 13.4. The molecule has 15 nitrogen and oxygen atoms in total. The molecule has 279 valence electrons. The number of carboxylic acid groups (broad SMARTS) is 1. The Bertz CT molecular complexity index is 2600. The van der Waals surface area contributed by atoms with Crippen LogP contribution < -0.4 is 20.5 Å². The Labute approximate surface area is 323 Å². The van der Waals surface area contributed by atoms with E-state index in [1.165, 1.54) is 6.20 Å². The Balaban J connectivity index is 0.000000166. The Hall–Kier alpha value is -7.25. The van der Waals surface area contributed by atoms with E-state index in [-0.39, 0.29) is 18.3 Å². The fraction of sp³-hybridized carbons (Fsp3) is 0.0526. The Morgan fingerprint density at radius 1 is 0.857 bits per heavy atom. The number of furan rings is 2. The molecule has 0 aliphatic rings. The fourth-order valence-corrected chi connectivity index (χ4v) is 5.17. The quantitative estimate of drug-likeness (QED) is 0.0547. The zero-order valence-corrected chi connectivity index (χ0v) is 30.7. The molecule has 0 fully saturated rings. The molecule has 0 saturated heterocycles. The molecular weight excluding hydrogens is 737 g/mol. The number of amides is 1. The van der Waals surface area contributed by atoms with Gasteiger partial charge >= 0.3 is 38.5 Å². The molecule has 0 spiro atoms. The summed E-state index contributed by atoms with van der Waals surface area (Å²) in [4.78, 5) is 38.0. The average molecular weight is 772 g/mol. The molecule has 0 aliphatic heterocycles. The number of carbonyl (C=O) groups excluding carboxylic acids is 1. The minimum atomic E-state index is -1.97. The van der Waals surface area contributed by atoms with Gasteiger partial charge in [0.05, 0.1) is 61.8 Å². The number of nitrogens with two attached hydrogens (primary N) is 1. The van der Waals surface area contributed by atoms with Crippen LogP contribution in [-0.2, 0) is 9.27 Å². The van der Waals surface area contributed by atoms with Crippen molar-refractivity contribution in [3.05, 3.63) is 134 Å². The van der Waals surface area contributed by atoms with E-state index >= 15 is 0 Å². The summed E-state index contributed by atoms with van der Waals surface area (Å²) < 4.78 is 45.5. The van der Waals surface area contributed by atoms with E-state index in [4.69, 9.17) is 30.5 Å². The van der Waals surface area contributed by atoms with E-state index in [1.54, 1.807) is 75.9 Å². The molecule has 1 amide bonds. The first-order chi connectivity index (χ1) is 27.7. The van der Waals surface area contributed by atoms with Crippen LogP contribution in [0.4, 0.5) is 11.4 Å². The summed E-state index contributed by atoms with van der Waals surface area (Å²) in [5.74, 6) is 0.0973. The Kier molecular flexibility index (Phi) is 13.2. The number of fused-ring (bicyclic) bond motifs is 2. The summed E-state index contributed by atoms with van der Waals surface area (Å²) in [5.41, 5.74) is 12.4. The van der Waals surface area contributed by atoms with Crippen molar-refractivity contribution in [3.63, 3.8) is 0 Å². The minimum absolute atomic E-state index is 0.168. The van der Waals surface area contributed by atoms with Crippen molar-refractivity contribution in [2.75, 3.05) is 25.3 Å². The number of aromatic nitrogens is 4. The van der Waals surface area contributed by atoms with Gasteiger partial charge in [0.15, 0.2) is 0 Å². The number of methoxy groups -OCH3 is 2.